The van der Waals surface area contributed by atoms with E-state index in [1.54, 1.807) is 26.2 Å². The molecule has 2 rings (SSSR count). The van der Waals surface area contributed by atoms with Crippen LogP contribution >= 0.6 is 0 Å². The Morgan fingerprint density at radius 3 is 2.59 bits per heavy atom. The molecule has 27 heavy (non-hydrogen) atoms. The fourth-order valence-electron chi connectivity index (χ4n) is 2.43. The zero-order valence-corrected chi connectivity index (χ0v) is 15.4. The van der Waals surface area contributed by atoms with E-state index in [2.05, 4.69) is 5.32 Å². The van der Waals surface area contributed by atoms with Crippen LogP contribution in [0.5, 0.6) is 17.2 Å². The highest BCUT2D eigenvalue weighted by Gasteiger charge is 2.12. The Morgan fingerprint density at radius 1 is 1.07 bits per heavy atom. The van der Waals surface area contributed by atoms with Crippen molar-refractivity contribution in [1.29, 1.82) is 0 Å². The molecule has 0 fully saturated rings. The minimum atomic E-state index is -1.09. The topological polar surface area (TPSA) is 94.1 Å². The summed E-state index contributed by atoms with van der Waals surface area (Å²) in [6, 6.07) is 12.3. The van der Waals surface area contributed by atoms with Crippen molar-refractivity contribution in [1.82, 2.24) is 5.32 Å². The average molecular weight is 373 g/mol. The molecule has 0 heterocycles. The van der Waals surface area contributed by atoms with E-state index in [9.17, 15) is 9.59 Å². The highest BCUT2D eigenvalue weighted by Crippen LogP contribution is 2.28. The SMILES string of the molecule is CCOc1cc(C(=O)NCCc2cccc(OC)c2)ccc1OCC(=O)O. The molecular formula is C20H23NO6. The molecule has 0 atom stereocenters. The lowest BCUT2D eigenvalue weighted by Gasteiger charge is -2.12. The van der Waals surface area contributed by atoms with Crippen LogP contribution in [0.4, 0.5) is 0 Å². The minimum absolute atomic E-state index is 0.247. The van der Waals surface area contributed by atoms with E-state index in [4.69, 9.17) is 19.3 Å². The summed E-state index contributed by atoms with van der Waals surface area (Å²) in [5.74, 6) is 0.0592. The Bertz CT molecular complexity index is 790. The summed E-state index contributed by atoms with van der Waals surface area (Å²) in [4.78, 5) is 23.0. The molecule has 7 heteroatoms. The van der Waals surface area contributed by atoms with Crippen LogP contribution in [-0.2, 0) is 11.2 Å². The van der Waals surface area contributed by atoms with Crippen molar-refractivity contribution in [3.63, 3.8) is 0 Å². The summed E-state index contributed by atoms with van der Waals surface area (Å²) in [5, 5.41) is 11.6. The summed E-state index contributed by atoms with van der Waals surface area (Å²) < 4.78 is 15.8. The third-order valence-corrected chi connectivity index (χ3v) is 3.69. The van der Waals surface area contributed by atoms with E-state index in [1.807, 2.05) is 24.3 Å². The quantitative estimate of drug-likeness (QED) is 0.665. The average Bonchev–Trinajstić information content (AvgIpc) is 2.67. The predicted molar refractivity (Wildman–Crippen MR) is 99.8 cm³/mol. The number of amides is 1. The fraction of sp³-hybridized carbons (Fsp3) is 0.300. The molecule has 0 saturated carbocycles. The van der Waals surface area contributed by atoms with E-state index in [0.717, 1.165) is 11.3 Å². The van der Waals surface area contributed by atoms with Crippen molar-refractivity contribution in [3.05, 3.63) is 53.6 Å². The largest absolute Gasteiger partial charge is 0.497 e. The molecule has 144 valence electrons. The second kappa shape index (κ2) is 10.1. The van der Waals surface area contributed by atoms with Gasteiger partial charge in [0.1, 0.15) is 5.75 Å². The van der Waals surface area contributed by atoms with Crippen molar-refractivity contribution in [2.75, 3.05) is 26.9 Å². The number of rotatable bonds is 10. The van der Waals surface area contributed by atoms with Gasteiger partial charge in [-0.15, -0.1) is 0 Å². The van der Waals surface area contributed by atoms with Crippen LogP contribution in [0.15, 0.2) is 42.5 Å². The minimum Gasteiger partial charge on any atom is -0.497 e. The smallest absolute Gasteiger partial charge is 0.341 e. The maximum atomic E-state index is 12.4. The number of methoxy groups -OCH3 is 1. The third-order valence-electron chi connectivity index (χ3n) is 3.69. The Kier molecular flexibility index (Phi) is 7.49. The van der Waals surface area contributed by atoms with Gasteiger partial charge in [-0.1, -0.05) is 12.1 Å². The molecule has 0 bridgehead atoms. The van der Waals surface area contributed by atoms with Gasteiger partial charge in [0.15, 0.2) is 18.1 Å². The first kappa shape index (κ1) is 20.1. The van der Waals surface area contributed by atoms with Gasteiger partial charge in [0.25, 0.3) is 5.91 Å². The summed E-state index contributed by atoms with van der Waals surface area (Å²) >= 11 is 0. The van der Waals surface area contributed by atoms with E-state index < -0.39 is 12.6 Å². The second-order valence-corrected chi connectivity index (χ2v) is 5.63. The van der Waals surface area contributed by atoms with Crippen LogP contribution in [0.1, 0.15) is 22.8 Å². The molecule has 7 nitrogen and oxygen atoms in total. The molecule has 0 aliphatic heterocycles. The monoisotopic (exact) mass is 373 g/mol. The first-order valence-corrected chi connectivity index (χ1v) is 8.56. The number of carboxylic acid groups (broad SMARTS) is 1. The molecule has 0 spiro atoms. The lowest BCUT2D eigenvalue weighted by molar-refractivity contribution is -0.139. The van der Waals surface area contributed by atoms with Crippen molar-refractivity contribution in [3.8, 4) is 17.2 Å². The summed E-state index contributed by atoms with van der Waals surface area (Å²) in [6.07, 6.45) is 0.668. The van der Waals surface area contributed by atoms with Crippen LogP contribution in [0.3, 0.4) is 0 Å². The first-order chi connectivity index (χ1) is 13.0. The lowest BCUT2D eigenvalue weighted by atomic mass is 10.1. The molecule has 0 unspecified atom stereocenters. The van der Waals surface area contributed by atoms with Crippen LogP contribution in [0.2, 0.25) is 0 Å². The second-order valence-electron chi connectivity index (χ2n) is 5.63. The number of hydrogen-bond acceptors (Lipinski definition) is 5. The number of benzene rings is 2. The fourth-order valence-corrected chi connectivity index (χ4v) is 2.43. The number of ether oxygens (including phenoxy) is 3. The van der Waals surface area contributed by atoms with Gasteiger partial charge in [-0.05, 0) is 49.2 Å². The van der Waals surface area contributed by atoms with Crippen molar-refractivity contribution < 1.29 is 28.9 Å². The van der Waals surface area contributed by atoms with Crippen LogP contribution in [-0.4, -0.2) is 43.9 Å². The highest BCUT2D eigenvalue weighted by molar-refractivity contribution is 5.94. The zero-order chi connectivity index (χ0) is 19.6. The molecule has 2 aromatic carbocycles. The van der Waals surface area contributed by atoms with Crippen molar-refractivity contribution in [2.45, 2.75) is 13.3 Å². The van der Waals surface area contributed by atoms with Gasteiger partial charge in [-0.25, -0.2) is 4.79 Å². The van der Waals surface area contributed by atoms with Crippen molar-refractivity contribution >= 4 is 11.9 Å². The van der Waals surface area contributed by atoms with Gasteiger partial charge < -0.3 is 24.6 Å². The van der Waals surface area contributed by atoms with Gasteiger partial charge in [0.05, 0.1) is 13.7 Å². The van der Waals surface area contributed by atoms with Gasteiger partial charge in [-0.2, -0.15) is 0 Å². The Morgan fingerprint density at radius 2 is 1.89 bits per heavy atom. The number of carbonyl (C=O) groups is 2. The van der Waals surface area contributed by atoms with E-state index >= 15 is 0 Å². The summed E-state index contributed by atoms with van der Waals surface area (Å²) in [7, 11) is 1.61. The molecule has 0 saturated heterocycles. The Balaban J connectivity index is 1.98. The maximum Gasteiger partial charge on any atom is 0.341 e. The highest BCUT2D eigenvalue weighted by atomic mass is 16.5. The van der Waals surface area contributed by atoms with Crippen LogP contribution < -0.4 is 19.5 Å². The number of aliphatic carboxylic acids is 1. The number of carboxylic acids is 1. The summed E-state index contributed by atoms with van der Waals surface area (Å²) in [5.41, 5.74) is 1.47. The van der Waals surface area contributed by atoms with E-state index in [-0.39, 0.29) is 11.7 Å². The van der Waals surface area contributed by atoms with E-state index in [1.165, 1.54) is 6.07 Å². The standard InChI is InChI=1S/C20H23NO6/c1-3-26-18-12-15(7-8-17(18)27-13-19(22)23)20(24)21-10-9-14-5-4-6-16(11-14)25-2/h4-8,11-12H,3,9-10,13H2,1-2H3,(H,21,24)(H,22,23). The molecule has 0 aliphatic carbocycles. The lowest BCUT2D eigenvalue weighted by Crippen LogP contribution is -2.25. The molecule has 2 N–H and O–H groups in total. The normalized spacial score (nSPS) is 10.1. The molecular weight excluding hydrogens is 350 g/mol. The number of carbonyl (C=O) groups excluding carboxylic acids is 1. The zero-order valence-electron chi connectivity index (χ0n) is 15.4. The van der Waals surface area contributed by atoms with Crippen LogP contribution in [0, 0.1) is 0 Å². The van der Waals surface area contributed by atoms with Gasteiger partial charge >= 0.3 is 5.97 Å². The van der Waals surface area contributed by atoms with Crippen LogP contribution in [0.25, 0.3) is 0 Å². The predicted octanol–water partition coefficient (Wildman–Crippen LogP) is 2.53. The number of nitrogens with one attached hydrogen (secondary N) is 1. The van der Waals surface area contributed by atoms with Gasteiger partial charge in [0, 0.05) is 12.1 Å². The molecule has 1 amide bonds. The third kappa shape index (κ3) is 6.22. The van der Waals surface area contributed by atoms with Gasteiger partial charge in [0.2, 0.25) is 0 Å². The molecule has 0 radical (unpaired) electrons. The van der Waals surface area contributed by atoms with E-state index in [0.29, 0.717) is 30.9 Å². The Hall–Kier alpha value is -3.22. The maximum absolute atomic E-state index is 12.4. The first-order valence-electron chi connectivity index (χ1n) is 8.56. The molecule has 0 aliphatic rings. The Labute approximate surface area is 157 Å². The molecule has 0 aromatic heterocycles. The number of hydrogen-bond donors (Lipinski definition) is 2. The molecule has 2 aromatic rings. The van der Waals surface area contributed by atoms with Gasteiger partial charge in [-0.3, -0.25) is 4.79 Å². The van der Waals surface area contributed by atoms with Crippen molar-refractivity contribution in [2.24, 2.45) is 0 Å². The summed E-state index contributed by atoms with van der Waals surface area (Å²) in [6.45, 7) is 2.14.